The fourth-order valence-electron chi connectivity index (χ4n) is 2.72. The molecule has 1 aromatic heterocycles. The molecule has 3 aromatic rings. The molecule has 122 valence electrons. The van der Waals surface area contributed by atoms with Crippen molar-refractivity contribution in [2.45, 2.75) is 13.8 Å². The first-order valence-corrected chi connectivity index (χ1v) is 7.66. The Kier molecular flexibility index (Phi) is 4.08. The lowest BCUT2D eigenvalue weighted by molar-refractivity contribution is 0.0952. The van der Waals surface area contributed by atoms with E-state index in [1.165, 1.54) is 6.07 Å². The van der Waals surface area contributed by atoms with Crippen LogP contribution in [0.15, 0.2) is 53.6 Å². The summed E-state index contributed by atoms with van der Waals surface area (Å²) >= 11 is 0. The predicted molar refractivity (Wildman–Crippen MR) is 95.4 cm³/mol. The molecule has 0 fully saturated rings. The number of aromatic nitrogens is 1. The van der Waals surface area contributed by atoms with Gasteiger partial charge in [-0.2, -0.15) is 5.10 Å². The molecule has 1 heterocycles. The minimum absolute atomic E-state index is 0.0597. The Hall–Kier alpha value is -3.08. The van der Waals surface area contributed by atoms with Crippen LogP contribution < -0.4 is 5.43 Å². The summed E-state index contributed by atoms with van der Waals surface area (Å²) < 4.78 is 2.03. The minimum atomic E-state index is -0.436. The molecule has 0 spiro atoms. The second-order valence-corrected chi connectivity index (χ2v) is 5.81. The van der Waals surface area contributed by atoms with Crippen LogP contribution in [0.5, 0.6) is 5.75 Å². The number of para-hydroxylation sites is 1. The summed E-state index contributed by atoms with van der Waals surface area (Å²) in [5, 5.41) is 15.1. The van der Waals surface area contributed by atoms with Crippen molar-refractivity contribution in [3.05, 3.63) is 65.4 Å². The Morgan fingerprint density at radius 2 is 1.92 bits per heavy atom. The average molecular weight is 321 g/mol. The van der Waals surface area contributed by atoms with Gasteiger partial charge in [0.05, 0.1) is 17.0 Å². The molecule has 0 aliphatic heterocycles. The minimum Gasteiger partial charge on any atom is -0.507 e. The number of carbonyl (C=O) groups is 1. The highest BCUT2D eigenvalue weighted by Gasteiger charge is 2.12. The highest BCUT2D eigenvalue weighted by molar-refractivity contribution is 6.03. The summed E-state index contributed by atoms with van der Waals surface area (Å²) in [7, 11) is 1.96. The maximum atomic E-state index is 12.2. The fraction of sp³-hybridized carbons (Fsp3) is 0.158. The van der Waals surface area contributed by atoms with E-state index in [-0.39, 0.29) is 11.3 Å². The van der Waals surface area contributed by atoms with Crippen LogP contribution in [0.4, 0.5) is 0 Å². The van der Waals surface area contributed by atoms with Gasteiger partial charge in [-0.1, -0.05) is 29.8 Å². The second-order valence-electron chi connectivity index (χ2n) is 5.81. The van der Waals surface area contributed by atoms with Gasteiger partial charge in [0.1, 0.15) is 5.75 Å². The van der Waals surface area contributed by atoms with Crippen molar-refractivity contribution in [2.24, 2.45) is 12.1 Å². The Balaban J connectivity index is 1.86. The molecular formula is C19H19N3O2. The Morgan fingerprint density at radius 1 is 1.17 bits per heavy atom. The van der Waals surface area contributed by atoms with Crippen LogP contribution in [0.3, 0.4) is 0 Å². The van der Waals surface area contributed by atoms with Gasteiger partial charge in [0.25, 0.3) is 5.91 Å². The number of aryl methyl sites for hydroxylation is 2. The lowest BCUT2D eigenvalue weighted by Crippen LogP contribution is -2.20. The zero-order valence-electron chi connectivity index (χ0n) is 13.9. The molecule has 0 aliphatic rings. The first-order valence-electron chi connectivity index (χ1n) is 7.66. The van der Waals surface area contributed by atoms with E-state index in [1.54, 1.807) is 12.1 Å². The van der Waals surface area contributed by atoms with Gasteiger partial charge in [0, 0.05) is 18.0 Å². The van der Waals surface area contributed by atoms with Crippen LogP contribution in [0.25, 0.3) is 10.9 Å². The largest absolute Gasteiger partial charge is 0.507 e. The summed E-state index contributed by atoms with van der Waals surface area (Å²) in [6, 6.07) is 15.0. The van der Waals surface area contributed by atoms with E-state index in [4.69, 9.17) is 0 Å². The predicted octanol–water partition coefficient (Wildman–Crippen LogP) is 3.35. The van der Waals surface area contributed by atoms with Gasteiger partial charge < -0.3 is 9.67 Å². The molecule has 0 aliphatic carbocycles. The molecule has 0 saturated heterocycles. The standard InChI is InChI=1S/C19H19N3O2/c1-12-8-9-18(23)15(10-12)19(24)21-20-13(2)17-11-14-6-4-5-7-16(14)22(17)3/h4-11,23H,1-3H3,(H,21,24). The van der Waals surface area contributed by atoms with Crippen LogP contribution in [-0.4, -0.2) is 21.3 Å². The number of amides is 1. The summed E-state index contributed by atoms with van der Waals surface area (Å²) in [6.07, 6.45) is 0. The first kappa shape index (κ1) is 15.8. The van der Waals surface area contributed by atoms with E-state index < -0.39 is 5.91 Å². The zero-order valence-corrected chi connectivity index (χ0v) is 13.9. The van der Waals surface area contributed by atoms with Crippen LogP contribution in [0.1, 0.15) is 28.5 Å². The van der Waals surface area contributed by atoms with Gasteiger partial charge in [0.15, 0.2) is 0 Å². The Labute approximate surface area is 140 Å². The van der Waals surface area contributed by atoms with Crippen molar-refractivity contribution in [1.82, 2.24) is 9.99 Å². The number of hydrogen-bond acceptors (Lipinski definition) is 3. The number of hydrogen-bond donors (Lipinski definition) is 2. The van der Waals surface area contributed by atoms with Crippen LogP contribution >= 0.6 is 0 Å². The maximum absolute atomic E-state index is 12.2. The SMILES string of the molecule is CC(=NNC(=O)c1cc(C)ccc1O)c1cc2ccccc2n1C. The van der Waals surface area contributed by atoms with Crippen molar-refractivity contribution in [3.8, 4) is 5.75 Å². The van der Waals surface area contributed by atoms with Gasteiger partial charge in [0.2, 0.25) is 0 Å². The van der Waals surface area contributed by atoms with Crippen molar-refractivity contribution in [2.75, 3.05) is 0 Å². The summed E-state index contributed by atoms with van der Waals surface area (Å²) in [4.78, 5) is 12.2. The number of benzene rings is 2. The van der Waals surface area contributed by atoms with Gasteiger partial charge >= 0.3 is 0 Å². The lowest BCUT2D eigenvalue weighted by Gasteiger charge is -2.06. The van der Waals surface area contributed by atoms with E-state index in [0.29, 0.717) is 5.71 Å². The van der Waals surface area contributed by atoms with E-state index >= 15 is 0 Å². The van der Waals surface area contributed by atoms with E-state index in [1.807, 2.05) is 55.8 Å². The molecule has 24 heavy (non-hydrogen) atoms. The van der Waals surface area contributed by atoms with Gasteiger partial charge in [-0.15, -0.1) is 0 Å². The average Bonchev–Trinajstić information content (AvgIpc) is 2.92. The Morgan fingerprint density at radius 3 is 2.67 bits per heavy atom. The summed E-state index contributed by atoms with van der Waals surface area (Å²) in [5.41, 5.74) is 6.33. The Bertz CT molecular complexity index is 954. The molecule has 0 atom stereocenters. The smallest absolute Gasteiger partial charge is 0.275 e. The molecule has 0 radical (unpaired) electrons. The number of hydrazone groups is 1. The third-order valence-corrected chi connectivity index (χ3v) is 4.04. The highest BCUT2D eigenvalue weighted by atomic mass is 16.3. The topological polar surface area (TPSA) is 66.6 Å². The van der Waals surface area contributed by atoms with Gasteiger partial charge in [-0.25, -0.2) is 5.43 Å². The van der Waals surface area contributed by atoms with Crippen molar-refractivity contribution < 1.29 is 9.90 Å². The van der Waals surface area contributed by atoms with Crippen LogP contribution in [0.2, 0.25) is 0 Å². The number of carbonyl (C=O) groups excluding carboxylic acids is 1. The van der Waals surface area contributed by atoms with Crippen molar-refractivity contribution in [1.29, 1.82) is 0 Å². The maximum Gasteiger partial charge on any atom is 0.275 e. The normalized spacial score (nSPS) is 11.7. The molecule has 0 saturated carbocycles. The number of nitrogens with one attached hydrogen (secondary N) is 1. The number of phenols is 1. The number of fused-ring (bicyclic) bond motifs is 1. The molecule has 3 rings (SSSR count). The second kappa shape index (κ2) is 6.20. The molecule has 1 amide bonds. The van der Waals surface area contributed by atoms with Gasteiger partial charge in [-0.05, 0) is 38.1 Å². The third-order valence-electron chi connectivity index (χ3n) is 4.04. The number of phenolic OH excluding ortho intramolecular Hbond substituents is 1. The summed E-state index contributed by atoms with van der Waals surface area (Å²) in [5.74, 6) is -0.495. The third kappa shape index (κ3) is 2.88. The van der Waals surface area contributed by atoms with E-state index in [0.717, 1.165) is 22.2 Å². The molecule has 0 unspecified atom stereocenters. The number of aromatic hydroxyl groups is 1. The van der Waals surface area contributed by atoms with E-state index in [2.05, 4.69) is 10.5 Å². The molecule has 2 aromatic carbocycles. The van der Waals surface area contributed by atoms with Crippen LogP contribution in [0, 0.1) is 6.92 Å². The highest BCUT2D eigenvalue weighted by Crippen LogP contribution is 2.20. The number of nitrogens with zero attached hydrogens (tertiary/aromatic N) is 2. The van der Waals surface area contributed by atoms with Gasteiger partial charge in [-0.3, -0.25) is 4.79 Å². The van der Waals surface area contributed by atoms with E-state index in [9.17, 15) is 9.90 Å². The first-order chi connectivity index (χ1) is 11.5. The monoisotopic (exact) mass is 321 g/mol. The molecule has 5 nitrogen and oxygen atoms in total. The van der Waals surface area contributed by atoms with Crippen molar-refractivity contribution >= 4 is 22.5 Å². The molecular weight excluding hydrogens is 302 g/mol. The molecule has 0 bridgehead atoms. The number of rotatable bonds is 3. The van der Waals surface area contributed by atoms with Crippen LogP contribution in [-0.2, 0) is 7.05 Å². The molecule has 5 heteroatoms. The fourth-order valence-corrected chi connectivity index (χ4v) is 2.72. The molecule has 2 N–H and O–H groups in total. The van der Waals surface area contributed by atoms with Crippen molar-refractivity contribution in [3.63, 3.8) is 0 Å². The lowest BCUT2D eigenvalue weighted by atomic mass is 10.1. The zero-order chi connectivity index (χ0) is 17.3. The quantitative estimate of drug-likeness (QED) is 0.574. The summed E-state index contributed by atoms with van der Waals surface area (Å²) in [6.45, 7) is 3.70.